The highest BCUT2D eigenvalue weighted by atomic mass is 16.4. The van der Waals surface area contributed by atoms with Gasteiger partial charge >= 0.3 is 12.0 Å². The Kier molecular flexibility index (Phi) is 4.74. The molecule has 6 nitrogen and oxygen atoms in total. The van der Waals surface area contributed by atoms with Crippen LogP contribution >= 0.6 is 0 Å². The van der Waals surface area contributed by atoms with Crippen molar-refractivity contribution in [2.24, 2.45) is 5.92 Å². The highest BCUT2D eigenvalue weighted by Gasteiger charge is 2.29. The smallest absolute Gasteiger partial charge is 0.323 e. The third kappa shape index (κ3) is 4.22. The monoisotopic (exact) mass is 244 g/mol. The Bertz CT molecular complexity index is 293. The number of carbonyl (C=O) groups excluding carboxylic acids is 1. The molecular weight excluding hydrogens is 224 g/mol. The Morgan fingerprint density at radius 1 is 1.47 bits per heavy atom. The number of hydrogen-bond donors (Lipinski definition) is 2. The number of hydrogen-bond acceptors (Lipinski definition) is 3. The van der Waals surface area contributed by atoms with E-state index in [1.807, 2.05) is 13.8 Å². The summed E-state index contributed by atoms with van der Waals surface area (Å²) >= 11 is 0. The van der Waals surface area contributed by atoms with Crippen molar-refractivity contribution in [1.82, 2.24) is 9.80 Å². The number of β-amino-alcohol motifs (C(OH)–C–C–N with tert-alkyl or cyclic N) is 1. The summed E-state index contributed by atoms with van der Waals surface area (Å²) in [5.74, 6) is -0.801. The van der Waals surface area contributed by atoms with Crippen LogP contribution < -0.4 is 0 Å². The number of likely N-dealkylation sites (tertiary alicyclic amines) is 1. The molecule has 0 aromatic rings. The average molecular weight is 244 g/mol. The van der Waals surface area contributed by atoms with Gasteiger partial charge in [0.25, 0.3) is 0 Å². The van der Waals surface area contributed by atoms with Crippen LogP contribution in [0.2, 0.25) is 0 Å². The van der Waals surface area contributed by atoms with Crippen LogP contribution in [0.3, 0.4) is 0 Å². The summed E-state index contributed by atoms with van der Waals surface area (Å²) in [5, 5.41) is 18.1. The van der Waals surface area contributed by atoms with Gasteiger partial charge in [0.2, 0.25) is 0 Å². The lowest BCUT2D eigenvalue weighted by atomic mass is 10.2. The molecule has 6 heteroatoms. The van der Waals surface area contributed by atoms with Gasteiger partial charge in [-0.3, -0.25) is 4.79 Å². The van der Waals surface area contributed by atoms with Crippen molar-refractivity contribution in [1.29, 1.82) is 0 Å². The van der Waals surface area contributed by atoms with E-state index in [0.717, 1.165) is 0 Å². The molecule has 1 aliphatic rings. The maximum absolute atomic E-state index is 12.0. The molecule has 0 aliphatic carbocycles. The zero-order chi connectivity index (χ0) is 13.0. The zero-order valence-electron chi connectivity index (χ0n) is 10.3. The van der Waals surface area contributed by atoms with Gasteiger partial charge in [-0.15, -0.1) is 0 Å². The lowest BCUT2D eigenvalue weighted by Crippen LogP contribution is -2.46. The minimum Gasteiger partial charge on any atom is -0.480 e. The number of aliphatic hydroxyl groups excluding tert-OH is 1. The van der Waals surface area contributed by atoms with E-state index in [1.165, 1.54) is 9.80 Å². The molecule has 1 aliphatic heterocycles. The third-order valence-electron chi connectivity index (χ3n) is 2.62. The molecule has 1 heterocycles. The van der Waals surface area contributed by atoms with Gasteiger partial charge in [-0.05, 0) is 12.3 Å². The third-order valence-corrected chi connectivity index (χ3v) is 2.62. The van der Waals surface area contributed by atoms with E-state index in [2.05, 4.69) is 0 Å². The molecule has 1 rings (SSSR count). The lowest BCUT2D eigenvalue weighted by Gasteiger charge is -2.27. The number of urea groups is 1. The molecule has 98 valence electrons. The molecule has 1 atom stereocenters. The second kappa shape index (κ2) is 5.86. The van der Waals surface area contributed by atoms with Gasteiger partial charge in [0.15, 0.2) is 0 Å². The summed E-state index contributed by atoms with van der Waals surface area (Å²) in [6, 6.07) is -0.294. The van der Waals surface area contributed by atoms with E-state index in [-0.39, 0.29) is 18.5 Å². The number of aliphatic carboxylic acids is 1. The normalized spacial score (nSPS) is 19.8. The first kappa shape index (κ1) is 13.8. The number of carboxylic acid groups (broad SMARTS) is 1. The lowest BCUT2D eigenvalue weighted by molar-refractivity contribution is -0.137. The first-order valence-corrected chi connectivity index (χ1v) is 5.84. The van der Waals surface area contributed by atoms with E-state index in [1.54, 1.807) is 0 Å². The Morgan fingerprint density at radius 2 is 2.12 bits per heavy atom. The predicted octanol–water partition coefficient (Wildman–Crippen LogP) is 0.216. The number of aliphatic hydroxyl groups is 1. The summed E-state index contributed by atoms with van der Waals surface area (Å²) in [6.07, 6.45) is 0.0820. The fourth-order valence-corrected chi connectivity index (χ4v) is 1.93. The standard InChI is InChI=1S/C11H20N2O4/c1-8(2)5-13(7-10(15)16)11(17)12-4-3-9(14)6-12/h8-9,14H,3-7H2,1-2H3,(H,15,16). The zero-order valence-corrected chi connectivity index (χ0v) is 10.3. The number of carboxylic acids is 1. The van der Waals surface area contributed by atoms with E-state index in [4.69, 9.17) is 5.11 Å². The van der Waals surface area contributed by atoms with Crippen LogP contribution in [0, 0.1) is 5.92 Å². The fraction of sp³-hybridized carbons (Fsp3) is 0.818. The van der Waals surface area contributed by atoms with Crippen LogP contribution in [0.4, 0.5) is 4.79 Å². The van der Waals surface area contributed by atoms with Crippen LogP contribution in [0.15, 0.2) is 0 Å². The molecule has 0 radical (unpaired) electrons. The molecule has 0 aromatic heterocycles. The number of amides is 2. The molecule has 1 saturated heterocycles. The van der Waals surface area contributed by atoms with Gasteiger partial charge in [0.1, 0.15) is 6.54 Å². The van der Waals surface area contributed by atoms with Crippen molar-refractivity contribution in [3.05, 3.63) is 0 Å². The Balaban J connectivity index is 2.61. The van der Waals surface area contributed by atoms with Gasteiger partial charge in [0, 0.05) is 19.6 Å². The summed E-state index contributed by atoms with van der Waals surface area (Å²) in [5.41, 5.74) is 0. The van der Waals surface area contributed by atoms with E-state index >= 15 is 0 Å². The van der Waals surface area contributed by atoms with Gasteiger partial charge in [-0.1, -0.05) is 13.8 Å². The molecule has 0 bridgehead atoms. The van der Waals surface area contributed by atoms with Gasteiger partial charge < -0.3 is 20.0 Å². The quantitative estimate of drug-likeness (QED) is 0.741. The van der Waals surface area contributed by atoms with Crippen molar-refractivity contribution in [2.45, 2.75) is 26.4 Å². The van der Waals surface area contributed by atoms with Crippen molar-refractivity contribution < 1.29 is 19.8 Å². The van der Waals surface area contributed by atoms with Crippen LogP contribution in [-0.4, -0.2) is 64.3 Å². The second-order valence-electron chi connectivity index (χ2n) is 4.84. The summed E-state index contributed by atoms with van der Waals surface area (Å²) in [6.45, 7) is 4.78. The Labute approximate surface area is 101 Å². The van der Waals surface area contributed by atoms with Gasteiger partial charge in [0.05, 0.1) is 6.10 Å². The topological polar surface area (TPSA) is 81.1 Å². The van der Waals surface area contributed by atoms with Crippen LogP contribution in [-0.2, 0) is 4.79 Å². The number of rotatable bonds is 4. The van der Waals surface area contributed by atoms with Crippen LogP contribution in [0.5, 0.6) is 0 Å². The average Bonchev–Trinajstić information content (AvgIpc) is 2.61. The van der Waals surface area contributed by atoms with E-state index in [9.17, 15) is 14.7 Å². The molecular formula is C11H20N2O4. The molecule has 0 saturated carbocycles. The molecule has 0 spiro atoms. The van der Waals surface area contributed by atoms with Crippen LogP contribution in [0.25, 0.3) is 0 Å². The van der Waals surface area contributed by atoms with Gasteiger partial charge in [-0.2, -0.15) is 0 Å². The molecule has 1 unspecified atom stereocenters. The fourth-order valence-electron chi connectivity index (χ4n) is 1.93. The first-order valence-electron chi connectivity index (χ1n) is 5.84. The van der Waals surface area contributed by atoms with Crippen molar-refractivity contribution in [2.75, 3.05) is 26.2 Å². The molecule has 2 amide bonds. The van der Waals surface area contributed by atoms with Gasteiger partial charge in [-0.25, -0.2) is 4.79 Å². The first-order chi connectivity index (χ1) is 7.90. The summed E-state index contributed by atoms with van der Waals surface area (Å²) in [4.78, 5) is 25.6. The molecule has 1 fully saturated rings. The number of nitrogens with zero attached hydrogens (tertiary/aromatic N) is 2. The molecule has 2 N–H and O–H groups in total. The summed E-state index contributed by atoms with van der Waals surface area (Å²) in [7, 11) is 0. The Morgan fingerprint density at radius 3 is 2.53 bits per heavy atom. The second-order valence-corrected chi connectivity index (χ2v) is 4.84. The van der Waals surface area contributed by atoms with E-state index < -0.39 is 12.1 Å². The molecule has 17 heavy (non-hydrogen) atoms. The summed E-state index contributed by atoms with van der Waals surface area (Å²) < 4.78 is 0. The molecule has 0 aromatic carbocycles. The van der Waals surface area contributed by atoms with Crippen molar-refractivity contribution >= 4 is 12.0 Å². The maximum atomic E-state index is 12.0. The van der Waals surface area contributed by atoms with Crippen molar-refractivity contribution in [3.8, 4) is 0 Å². The van der Waals surface area contributed by atoms with Crippen molar-refractivity contribution in [3.63, 3.8) is 0 Å². The SMILES string of the molecule is CC(C)CN(CC(=O)O)C(=O)N1CCC(O)C1. The largest absolute Gasteiger partial charge is 0.480 e. The number of carbonyl (C=O) groups is 2. The minimum absolute atomic E-state index is 0.214. The highest BCUT2D eigenvalue weighted by Crippen LogP contribution is 2.12. The van der Waals surface area contributed by atoms with Crippen LogP contribution in [0.1, 0.15) is 20.3 Å². The highest BCUT2D eigenvalue weighted by molar-refractivity contribution is 5.80. The maximum Gasteiger partial charge on any atom is 0.323 e. The predicted molar refractivity (Wildman–Crippen MR) is 61.6 cm³/mol. The van der Waals surface area contributed by atoms with E-state index in [0.29, 0.717) is 26.1 Å². The minimum atomic E-state index is -1.02. The Hall–Kier alpha value is -1.30.